The van der Waals surface area contributed by atoms with E-state index in [0.717, 1.165) is 37.8 Å². The SMILES string of the molecule is NC(=O)c1oc2c(O)cc(F)cc2c(=O)c1CC1CCCCC1. The van der Waals surface area contributed by atoms with E-state index in [2.05, 4.69) is 0 Å². The molecule has 0 radical (unpaired) electrons. The quantitative estimate of drug-likeness (QED) is 0.909. The van der Waals surface area contributed by atoms with Crippen LogP contribution in [0.15, 0.2) is 21.3 Å². The van der Waals surface area contributed by atoms with Crippen molar-refractivity contribution in [2.45, 2.75) is 38.5 Å². The number of phenols is 1. The molecular weight excluding hydrogens is 301 g/mol. The summed E-state index contributed by atoms with van der Waals surface area (Å²) < 4.78 is 18.9. The first-order valence-electron chi connectivity index (χ1n) is 7.75. The number of rotatable bonds is 3. The van der Waals surface area contributed by atoms with Crippen LogP contribution < -0.4 is 11.2 Å². The zero-order chi connectivity index (χ0) is 16.6. The lowest BCUT2D eigenvalue weighted by Gasteiger charge is -2.21. The van der Waals surface area contributed by atoms with Gasteiger partial charge >= 0.3 is 0 Å². The predicted molar refractivity (Wildman–Crippen MR) is 82.9 cm³/mol. The van der Waals surface area contributed by atoms with Gasteiger partial charge in [-0.1, -0.05) is 32.1 Å². The Bertz CT molecular complexity index is 821. The number of fused-ring (bicyclic) bond motifs is 1. The summed E-state index contributed by atoms with van der Waals surface area (Å²) in [4.78, 5) is 24.4. The number of carbonyl (C=O) groups is 1. The largest absolute Gasteiger partial charge is 0.504 e. The van der Waals surface area contributed by atoms with Gasteiger partial charge in [-0.15, -0.1) is 0 Å². The molecule has 1 saturated carbocycles. The summed E-state index contributed by atoms with van der Waals surface area (Å²) in [6.07, 6.45) is 5.68. The lowest BCUT2D eigenvalue weighted by molar-refractivity contribution is 0.0972. The Morgan fingerprint density at radius 3 is 2.65 bits per heavy atom. The zero-order valence-corrected chi connectivity index (χ0v) is 12.6. The molecule has 1 aliphatic rings. The van der Waals surface area contributed by atoms with Crippen molar-refractivity contribution in [3.8, 4) is 5.75 Å². The molecule has 1 aromatic carbocycles. The van der Waals surface area contributed by atoms with Gasteiger partial charge in [0.2, 0.25) is 0 Å². The molecule has 0 aliphatic heterocycles. The number of benzene rings is 1. The number of primary amides is 1. The van der Waals surface area contributed by atoms with Crippen LogP contribution in [0, 0.1) is 11.7 Å². The molecule has 1 fully saturated rings. The summed E-state index contributed by atoms with van der Waals surface area (Å²) in [5, 5.41) is 9.70. The lowest BCUT2D eigenvalue weighted by Crippen LogP contribution is -2.23. The molecule has 1 amide bonds. The normalized spacial score (nSPS) is 15.9. The second-order valence-corrected chi connectivity index (χ2v) is 6.11. The maximum atomic E-state index is 13.5. The molecule has 0 spiro atoms. The van der Waals surface area contributed by atoms with E-state index in [1.807, 2.05) is 0 Å². The Balaban J connectivity index is 2.18. The van der Waals surface area contributed by atoms with Crippen molar-refractivity contribution >= 4 is 16.9 Å². The van der Waals surface area contributed by atoms with Gasteiger partial charge < -0.3 is 15.3 Å². The third kappa shape index (κ3) is 2.93. The average molecular weight is 319 g/mol. The van der Waals surface area contributed by atoms with Gasteiger partial charge in [-0.25, -0.2) is 4.39 Å². The molecule has 3 N–H and O–H groups in total. The van der Waals surface area contributed by atoms with Gasteiger partial charge in [0, 0.05) is 11.6 Å². The van der Waals surface area contributed by atoms with Gasteiger partial charge in [0.05, 0.1) is 5.39 Å². The van der Waals surface area contributed by atoms with Crippen molar-refractivity contribution in [2.75, 3.05) is 0 Å². The van der Waals surface area contributed by atoms with Gasteiger partial charge in [0.15, 0.2) is 22.5 Å². The second kappa shape index (κ2) is 6.02. The monoisotopic (exact) mass is 319 g/mol. The van der Waals surface area contributed by atoms with E-state index in [-0.39, 0.29) is 28.2 Å². The Hall–Kier alpha value is -2.37. The van der Waals surface area contributed by atoms with Crippen LogP contribution in [-0.2, 0) is 6.42 Å². The minimum Gasteiger partial charge on any atom is -0.504 e. The molecule has 1 heterocycles. The van der Waals surface area contributed by atoms with Crippen molar-refractivity contribution in [2.24, 2.45) is 11.7 Å². The highest BCUT2D eigenvalue weighted by Crippen LogP contribution is 2.30. The van der Waals surface area contributed by atoms with Crippen LogP contribution in [0.2, 0.25) is 0 Å². The highest BCUT2D eigenvalue weighted by molar-refractivity contribution is 5.94. The first kappa shape index (κ1) is 15.5. The van der Waals surface area contributed by atoms with Crippen molar-refractivity contribution in [1.82, 2.24) is 0 Å². The van der Waals surface area contributed by atoms with E-state index in [0.29, 0.717) is 6.42 Å². The van der Waals surface area contributed by atoms with Crippen LogP contribution in [0.1, 0.15) is 48.2 Å². The molecule has 0 atom stereocenters. The molecule has 1 aromatic heterocycles. The first-order chi connectivity index (χ1) is 11.0. The fourth-order valence-corrected chi connectivity index (χ4v) is 3.35. The highest BCUT2D eigenvalue weighted by Gasteiger charge is 2.24. The summed E-state index contributed by atoms with van der Waals surface area (Å²) in [7, 11) is 0. The Labute approximate surface area is 131 Å². The Kier molecular flexibility index (Phi) is 4.07. The first-order valence-corrected chi connectivity index (χ1v) is 7.75. The van der Waals surface area contributed by atoms with E-state index < -0.39 is 22.9 Å². The molecule has 3 rings (SSSR count). The van der Waals surface area contributed by atoms with Crippen LogP contribution in [-0.4, -0.2) is 11.0 Å². The highest BCUT2D eigenvalue weighted by atomic mass is 19.1. The molecule has 2 aromatic rings. The molecule has 0 bridgehead atoms. The number of amides is 1. The fraction of sp³-hybridized carbons (Fsp3) is 0.412. The summed E-state index contributed by atoms with van der Waals surface area (Å²) in [5.41, 5.74) is 4.80. The van der Waals surface area contributed by atoms with Crippen LogP contribution >= 0.6 is 0 Å². The molecule has 0 unspecified atom stereocenters. The van der Waals surface area contributed by atoms with Crippen molar-refractivity contribution in [1.29, 1.82) is 0 Å². The predicted octanol–water partition coefficient (Wildman–Crippen LogP) is 2.86. The van der Waals surface area contributed by atoms with Crippen LogP contribution in [0.25, 0.3) is 11.0 Å². The summed E-state index contributed by atoms with van der Waals surface area (Å²) >= 11 is 0. The second-order valence-electron chi connectivity index (χ2n) is 6.11. The third-order valence-electron chi connectivity index (χ3n) is 4.47. The molecule has 23 heavy (non-hydrogen) atoms. The maximum Gasteiger partial charge on any atom is 0.284 e. The summed E-state index contributed by atoms with van der Waals surface area (Å²) in [6, 6.07) is 1.84. The minimum atomic E-state index is -0.862. The van der Waals surface area contributed by atoms with E-state index in [4.69, 9.17) is 10.2 Å². The van der Waals surface area contributed by atoms with Gasteiger partial charge in [0.1, 0.15) is 5.82 Å². The number of phenolic OH excluding ortho intramolecular Hbond substituents is 1. The smallest absolute Gasteiger partial charge is 0.284 e. The molecule has 0 saturated heterocycles. The topological polar surface area (TPSA) is 93.5 Å². The molecule has 5 nitrogen and oxygen atoms in total. The van der Waals surface area contributed by atoms with Gasteiger partial charge in [-0.2, -0.15) is 0 Å². The van der Waals surface area contributed by atoms with Crippen molar-refractivity contribution < 1.29 is 18.7 Å². The zero-order valence-electron chi connectivity index (χ0n) is 12.6. The van der Waals surface area contributed by atoms with Crippen LogP contribution in [0.4, 0.5) is 4.39 Å². The number of aromatic hydroxyl groups is 1. The van der Waals surface area contributed by atoms with Gasteiger partial charge in [0.25, 0.3) is 5.91 Å². The lowest BCUT2D eigenvalue weighted by atomic mass is 9.84. The van der Waals surface area contributed by atoms with Gasteiger partial charge in [-0.05, 0) is 18.4 Å². The average Bonchev–Trinajstić information content (AvgIpc) is 2.51. The number of hydrogen-bond donors (Lipinski definition) is 2. The van der Waals surface area contributed by atoms with E-state index in [1.165, 1.54) is 6.42 Å². The fourth-order valence-electron chi connectivity index (χ4n) is 3.35. The standard InChI is InChI=1S/C17H18FNO4/c18-10-7-12-14(21)11(6-9-4-2-1-3-5-9)16(17(19)22)23-15(12)13(20)8-10/h7-9,20H,1-6H2,(H2,19,22). The Morgan fingerprint density at radius 2 is 2.00 bits per heavy atom. The number of carbonyl (C=O) groups excluding carboxylic acids is 1. The number of nitrogens with two attached hydrogens (primary N) is 1. The third-order valence-corrected chi connectivity index (χ3v) is 4.47. The number of hydrogen-bond acceptors (Lipinski definition) is 4. The number of halogens is 1. The summed E-state index contributed by atoms with van der Waals surface area (Å²) in [6.45, 7) is 0. The van der Waals surface area contributed by atoms with Crippen molar-refractivity contribution in [3.63, 3.8) is 0 Å². The minimum absolute atomic E-state index is 0.0710. The molecule has 122 valence electrons. The maximum absolute atomic E-state index is 13.5. The van der Waals surface area contributed by atoms with Crippen LogP contribution in [0.5, 0.6) is 5.75 Å². The van der Waals surface area contributed by atoms with E-state index >= 15 is 0 Å². The molecular formula is C17H18FNO4. The summed E-state index contributed by atoms with van der Waals surface area (Å²) in [5.74, 6) is -2.08. The van der Waals surface area contributed by atoms with Crippen molar-refractivity contribution in [3.05, 3.63) is 39.5 Å². The Morgan fingerprint density at radius 1 is 1.30 bits per heavy atom. The van der Waals surface area contributed by atoms with E-state index in [1.54, 1.807) is 0 Å². The van der Waals surface area contributed by atoms with Crippen LogP contribution in [0.3, 0.4) is 0 Å². The van der Waals surface area contributed by atoms with Gasteiger partial charge in [-0.3, -0.25) is 9.59 Å². The van der Waals surface area contributed by atoms with E-state index in [9.17, 15) is 19.1 Å². The molecule has 1 aliphatic carbocycles. The molecule has 6 heteroatoms.